The molecule has 3 rings (SSSR count). The van der Waals surface area contributed by atoms with E-state index < -0.39 is 0 Å². The minimum absolute atomic E-state index is 0.0255. The fourth-order valence-electron chi connectivity index (χ4n) is 1.95. The second-order valence-electron chi connectivity index (χ2n) is 5.16. The van der Waals surface area contributed by atoms with Crippen LogP contribution >= 0.6 is 11.6 Å². The zero-order chi connectivity index (χ0) is 15.5. The zero-order valence-corrected chi connectivity index (χ0v) is 12.4. The van der Waals surface area contributed by atoms with Crippen LogP contribution in [0.2, 0.25) is 5.02 Å². The molecule has 2 N–H and O–H groups in total. The van der Waals surface area contributed by atoms with Crippen LogP contribution in [0.5, 0.6) is 0 Å². The molecule has 0 aliphatic heterocycles. The fourth-order valence-corrected chi connectivity index (χ4v) is 2.14. The van der Waals surface area contributed by atoms with Gasteiger partial charge < -0.3 is 10.6 Å². The molecule has 1 saturated carbocycles. The average molecular weight is 316 g/mol. The van der Waals surface area contributed by atoms with Crippen molar-refractivity contribution in [1.82, 2.24) is 4.98 Å². The van der Waals surface area contributed by atoms with Crippen molar-refractivity contribution in [1.29, 1.82) is 0 Å². The number of carbonyl (C=O) groups excluding carboxylic acids is 2. The molecule has 112 valence electrons. The van der Waals surface area contributed by atoms with E-state index in [1.54, 1.807) is 36.4 Å². The van der Waals surface area contributed by atoms with Crippen LogP contribution in [0.4, 0.5) is 11.5 Å². The number of nitrogens with one attached hydrogen (secondary N) is 2. The summed E-state index contributed by atoms with van der Waals surface area (Å²) in [6.45, 7) is 0. The Morgan fingerprint density at radius 1 is 1.14 bits per heavy atom. The van der Waals surface area contributed by atoms with E-state index in [0.717, 1.165) is 12.8 Å². The van der Waals surface area contributed by atoms with Gasteiger partial charge in [-0.3, -0.25) is 9.59 Å². The van der Waals surface area contributed by atoms with E-state index in [2.05, 4.69) is 15.6 Å². The summed E-state index contributed by atoms with van der Waals surface area (Å²) in [6.07, 6.45) is 3.42. The number of anilines is 2. The second-order valence-corrected chi connectivity index (χ2v) is 5.60. The van der Waals surface area contributed by atoms with Crippen molar-refractivity contribution in [2.75, 3.05) is 10.6 Å². The SMILES string of the molecule is O=C(Nc1ccc(NC(=O)C2CC2)cn1)c1cccc(Cl)c1. The lowest BCUT2D eigenvalue weighted by molar-refractivity contribution is -0.117. The number of pyridine rings is 1. The molecule has 1 heterocycles. The maximum Gasteiger partial charge on any atom is 0.256 e. The fraction of sp³-hybridized carbons (Fsp3) is 0.188. The molecule has 2 aromatic rings. The van der Waals surface area contributed by atoms with E-state index in [4.69, 9.17) is 11.6 Å². The Labute approximate surface area is 132 Å². The number of amides is 2. The van der Waals surface area contributed by atoms with Crippen LogP contribution in [0, 0.1) is 5.92 Å². The normalized spacial score (nSPS) is 13.5. The quantitative estimate of drug-likeness (QED) is 0.909. The highest BCUT2D eigenvalue weighted by Gasteiger charge is 2.29. The predicted molar refractivity (Wildman–Crippen MR) is 85.0 cm³/mol. The number of aromatic nitrogens is 1. The average Bonchev–Trinajstić information content (AvgIpc) is 3.34. The molecular formula is C16H14ClN3O2. The first-order valence-corrected chi connectivity index (χ1v) is 7.33. The number of nitrogens with zero attached hydrogens (tertiary/aromatic N) is 1. The molecule has 0 unspecified atom stereocenters. The van der Waals surface area contributed by atoms with Crippen molar-refractivity contribution in [3.05, 3.63) is 53.2 Å². The minimum atomic E-state index is -0.287. The molecule has 1 aromatic heterocycles. The molecule has 0 atom stereocenters. The lowest BCUT2D eigenvalue weighted by Crippen LogP contribution is -2.15. The summed E-state index contributed by atoms with van der Waals surface area (Å²) in [4.78, 5) is 27.8. The van der Waals surface area contributed by atoms with E-state index in [1.165, 1.54) is 6.20 Å². The van der Waals surface area contributed by atoms with E-state index in [1.807, 2.05) is 0 Å². The summed E-state index contributed by atoms with van der Waals surface area (Å²) in [5.74, 6) is 0.291. The maximum absolute atomic E-state index is 12.0. The van der Waals surface area contributed by atoms with Gasteiger partial charge in [-0.2, -0.15) is 0 Å². The molecule has 1 fully saturated rings. The highest BCUT2D eigenvalue weighted by Crippen LogP contribution is 2.30. The van der Waals surface area contributed by atoms with Crippen LogP contribution in [0.15, 0.2) is 42.6 Å². The van der Waals surface area contributed by atoms with E-state index in [0.29, 0.717) is 22.1 Å². The summed E-state index contributed by atoms with van der Waals surface area (Å²) in [7, 11) is 0. The van der Waals surface area contributed by atoms with Gasteiger partial charge in [0.25, 0.3) is 5.91 Å². The smallest absolute Gasteiger partial charge is 0.256 e. The highest BCUT2D eigenvalue weighted by atomic mass is 35.5. The van der Waals surface area contributed by atoms with Crippen molar-refractivity contribution in [2.45, 2.75) is 12.8 Å². The van der Waals surface area contributed by atoms with Gasteiger partial charge in [0.2, 0.25) is 5.91 Å². The Balaban J connectivity index is 1.63. The molecule has 0 saturated heterocycles. The van der Waals surface area contributed by atoms with Crippen molar-refractivity contribution in [3.8, 4) is 0 Å². The maximum atomic E-state index is 12.0. The summed E-state index contributed by atoms with van der Waals surface area (Å²) in [6, 6.07) is 10.0. The van der Waals surface area contributed by atoms with Crippen LogP contribution < -0.4 is 10.6 Å². The Morgan fingerprint density at radius 3 is 2.59 bits per heavy atom. The van der Waals surface area contributed by atoms with Crippen LogP contribution in [-0.4, -0.2) is 16.8 Å². The number of hydrogen-bond donors (Lipinski definition) is 2. The Bertz CT molecular complexity index is 712. The van der Waals surface area contributed by atoms with Crippen LogP contribution in [0.1, 0.15) is 23.2 Å². The van der Waals surface area contributed by atoms with Gasteiger partial charge in [-0.1, -0.05) is 17.7 Å². The van der Waals surface area contributed by atoms with Crippen LogP contribution in [0.3, 0.4) is 0 Å². The lowest BCUT2D eigenvalue weighted by atomic mass is 10.2. The molecule has 1 aliphatic rings. The Hall–Kier alpha value is -2.40. The van der Waals surface area contributed by atoms with E-state index in [-0.39, 0.29) is 17.7 Å². The number of rotatable bonds is 4. The molecule has 2 amide bonds. The standard InChI is InChI=1S/C16H14ClN3O2/c17-12-3-1-2-11(8-12)16(22)20-14-7-6-13(9-18-14)19-15(21)10-4-5-10/h1-3,6-10H,4-5H2,(H,19,21)(H,18,20,22). The molecule has 1 aromatic carbocycles. The summed E-state index contributed by atoms with van der Waals surface area (Å²) in [5, 5.41) is 5.97. The van der Waals surface area contributed by atoms with Gasteiger partial charge in [-0.25, -0.2) is 4.98 Å². The largest absolute Gasteiger partial charge is 0.324 e. The lowest BCUT2D eigenvalue weighted by Gasteiger charge is -2.07. The van der Waals surface area contributed by atoms with Crippen molar-refractivity contribution in [3.63, 3.8) is 0 Å². The highest BCUT2D eigenvalue weighted by molar-refractivity contribution is 6.31. The van der Waals surface area contributed by atoms with Gasteiger partial charge in [0.05, 0.1) is 11.9 Å². The van der Waals surface area contributed by atoms with E-state index >= 15 is 0 Å². The number of hydrogen-bond acceptors (Lipinski definition) is 3. The Kier molecular flexibility index (Phi) is 4.06. The van der Waals surface area contributed by atoms with Gasteiger partial charge >= 0.3 is 0 Å². The minimum Gasteiger partial charge on any atom is -0.324 e. The van der Waals surface area contributed by atoms with Crippen molar-refractivity contribution >= 4 is 34.9 Å². The van der Waals surface area contributed by atoms with Crippen molar-refractivity contribution in [2.24, 2.45) is 5.92 Å². The van der Waals surface area contributed by atoms with Crippen LogP contribution in [-0.2, 0) is 4.79 Å². The van der Waals surface area contributed by atoms with Crippen molar-refractivity contribution < 1.29 is 9.59 Å². The van der Waals surface area contributed by atoms with Crippen LogP contribution in [0.25, 0.3) is 0 Å². The molecule has 1 aliphatic carbocycles. The van der Waals surface area contributed by atoms with Gasteiger partial charge in [-0.05, 0) is 43.2 Å². The van der Waals surface area contributed by atoms with E-state index in [9.17, 15) is 9.59 Å². The number of carbonyl (C=O) groups is 2. The Morgan fingerprint density at radius 2 is 1.95 bits per heavy atom. The number of halogens is 1. The molecule has 0 radical (unpaired) electrons. The molecule has 6 heteroatoms. The third-order valence-electron chi connectivity index (χ3n) is 3.31. The van der Waals surface area contributed by atoms with Gasteiger partial charge in [0.15, 0.2) is 0 Å². The number of benzene rings is 1. The third-order valence-corrected chi connectivity index (χ3v) is 3.54. The molecule has 0 bridgehead atoms. The first kappa shape index (κ1) is 14.5. The summed E-state index contributed by atoms with van der Waals surface area (Å²) in [5.41, 5.74) is 1.08. The first-order chi connectivity index (χ1) is 10.6. The topological polar surface area (TPSA) is 71.1 Å². The second kappa shape index (κ2) is 6.15. The zero-order valence-electron chi connectivity index (χ0n) is 11.7. The third kappa shape index (κ3) is 3.62. The monoisotopic (exact) mass is 315 g/mol. The predicted octanol–water partition coefficient (Wildman–Crippen LogP) is 3.34. The molecule has 22 heavy (non-hydrogen) atoms. The molecule has 5 nitrogen and oxygen atoms in total. The van der Waals surface area contributed by atoms with Gasteiger partial charge in [0, 0.05) is 16.5 Å². The molecule has 0 spiro atoms. The first-order valence-electron chi connectivity index (χ1n) is 6.95. The summed E-state index contributed by atoms with van der Waals surface area (Å²) < 4.78 is 0. The van der Waals surface area contributed by atoms with Gasteiger partial charge in [-0.15, -0.1) is 0 Å². The van der Waals surface area contributed by atoms with Gasteiger partial charge in [0.1, 0.15) is 5.82 Å². The summed E-state index contributed by atoms with van der Waals surface area (Å²) >= 11 is 5.86. The molecular weight excluding hydrogens is 302 g/mol.